The number of halogens is 2. The van der Waals surface area contributed by atoms with E-state index >= 15 is 0 Å². The zero-order valence-electron chi connectivity index (χ0n) is 11.4. The fourth-order valence-corrected chi connectivity index (χ4v) is 2.34. The van der Waals surface area contributed by atoms with Gasteiger partial charge in [0.25, 0.3) is 0 Å². The number of hydrogen-bond acceptors (Lipinski definition) is 3. The molecule has 1 aromatic heterocycles. The molecule has 0 fully saturated rings. The third-order valence-electron chi connectivity index (χ3n) is 3.07. The molecule has 1 aromatic carbocycles. The highest BCUT2D eigenvalue weighted by Crippen LogP contribution is 2.29. The van der Waals surface area contributed by atoms with Crippen LogP contribution < -0.4 is 10.1 Å². The van der Waals surface area contributed by atoms with E-state index in [1.807, 2.05) is 24.3 Å². The Labute approximate surface area is 128 Å². The van der Waals surface area contributed by atoms with Crippen LogP contribution in [-0.4, -0.2) is 12.1 Å². The van der Waals surface area contributed by atoms with Gasteiger partial charge in [-0.15, -0.1) is 0 Å². The number of benzene rings is 1. The van der Waals surface area contributed by atoms with Crippen LogP contribution in [-0.2, 0) is 6.54 Å². The minimum absolute atomic E-state index is 0.100. The van der Waals surface area contributed by atoms with Crippen LogP contribution in [0.25, 0.3) is 0 Å². The van der Waals surface area contributed by atoms with E-state index in [-0.39, 0.29) is 6.04 Å². The van der Waals surface area contributed by atoms with Gasteiger partial charge in [0.2, 0.25) is 5.88 Å². The van der Waals surface area contributed by atoms with E-state index in [9.17, 15) is 0 Å². The number of pyridine rings is 1. The average molecular weight is 311 g/mol. The van der Waals surface area contributed by atoms with E-state index in [1.54, 1.807) is 19.4 Å². The summed E-state index contributed by atoms with van der Waals surface area (Å²) in [5.41, 5.74) is 2.07. The molecule has 0 amide bonds. The predicted octanol–water partition coefficient (Wildman–Crippen LogP) is 4.25. The summed E-state index contributed by atoms with van der Waals surface area (Å²) < 4.78 is 5.03. The smallest absolute Gasteiger partial charge is 0.212 e. The van der Waals surface area contributed by atoms with Crippen molar-refractivity contribution < 1.29 is 4.74 Å². The van der Waals surface area contributed by atoms with E-state index in [2.05, 4.69) is 17.2 Å². The van der Waals surface area contributed by atoms with Crippen molar-refractivity contribution in [3.8, 4) is 5.88 Å². The molecule has 0 saturated carbocycles. The van der Waals surface area contributed by atoms with Crippen molar-refractivity contribution in [3.05, 3.63) is 57.7 Å². The van der Waals surface area contributed by atoms with Crippen molar-refractivity contribution in [1.82, 2.24) is 10.3 Å². The van der Waals surface area contributed by atoms with Crippen molar-refractivity contribution in [2.75, 3.05) is 7.11 Å². The van der Waals surface area contributed by atoms with Crippen molar-refractivity contribution in [3.63, 3.8) is 0 Å². The molecule has 0 radical (unpaired) electrons. The van der Waals surface area contributed by atoms with Gasteiger partial charge >= 0.3 is 0 Å². The summed E-state index contributed by atoms with van der Waals surface area (Å²) in [6.07, 6.45) is 1.79. The quantitative estimate of drug-likeness (QED) is 0.896. The van der Waals surface area contributed by atoms with Crippen molar-refractivity contribution in [2.45, 2.75) is 19.5 Å². The average Bonchev–Trinajstić information content (AvgIpc) is 2.48. The maximum absolute atomic E-state index is 6.21. The molecule has 1 unspecified atom stereocenters. The predicted molar refractivity (Wildman–Crippen MR) is 82.5 cm³/mol. The number of aromatic nitrogens is 1. The number of nitrogens with zero attached hydrogens (tertiary/aromatic N) is 1. The summed E-state index contributed by atoms with van der Waals surface area (Å²) in [5, 5.41) is 4.57. The topological polar surface area (TPSA) is 34.1 Å². The van der Waals surface area contributed by atoms with E-state index in [0.29, 0.717) is 22.5 Å². The molecule has 1 N–H and O–H groups in total. The second kappa shape index (κ2) is 6.93. The lowest BCUT2D eigenvalue weighted by Crippen LogP contribution is -2.18. The van der Waals surface area contributed by atoms with E-state index in [0.717, 1.165) is 11.1 Å². The molecule has 0 bridgehead atoms. The number of nitrogens with one attached hydrogen (secondary N) is 1. The van der Waals surface area contributed by atoms with Gasteiger partial charge in [-0.05, 0) is 24.1 Å². The molecule has 5 heteroatoms. The van der Waals surface area contributed by atoms with Crippen LogP contribution in [0.2, 0.25) is 10.0 Å². The van der Waals surface area contributed by atoms with Crippen LogP contribution in [0.4, 0.5) is 0 Å². The SMILES string of the molecule is COc1ccc(CNC(C)c2cccc(Cl)c2Cl)cn1. The minimum atomic E-state index is 0.100. The van der Waals surface area contributed by atoms with Gasteiger partial charge in [0.05, 0.1) is 17.2 Å². The van der Waals surface area contributed by atoms with Gasteiger partial charge < -0.3 is 10.1 Å². The number of rotatable bonds is 5. The lowest BCUT2D eigenvalue weighted by Gasteiger charge is -2.16. The highest BCUT2D eigenvalue weighted by molar-refractivity contribution is 6.42. The summed E-state index contributed by atoms with van der Waals surface area (Å²) in [4.78, 5) is 4.17. The van der Waals surface area contributed by atoms with Gasteiger partial charge in [-0.3, -0.25) is 0 Å². The molecular formula is C15H16Cl2N2O. The Balaban J connectivity index is 2.00. The van der Waals surface area contributed by atoms with E-state index < -0.39 is 0 Å². The van der Waals surface area contributed by atoms with Crippen molar-refractivity contribution >= 4 is 23.2 Å². The van der Waals surface area contributed by atoms with Gasteiger partial charge in [0.1, 0.15) is 0 Å². The zero-order valence-corrected chi connectivity index (χ0v) is 12.9. The number of hydrogen-bond donors (Lipinski definition) is 1. The molecule has 0 aliphatic carbocycles. The maximum Gasteiger partial charge on any atom is 0.212 e. The molecule has 3 nitrogen and oxygen atoms in total. The van der Waals surface area contributed by atoms with E-state index in [4.69, 9.17) is 27.9 Å². The van der Waals surface area contributed by atoms with Gasteiger partial charge in [-0.2, -0.15) is 0 Å². The van der Waals surface area contributed by atoms with Gasteiger partial charge in [-0.25, -0.2) is 4.98 Å². The Morgan fingerprint density at radius 3 is 2.70 bits per heavy atom. The maximum atomic E-state index is 6.21. The molecule has 1 heterocycles. The summed E-state index contributed by atoms with van der Waals surface area (Å²) in [5.74, 6) is 0.611. The van der Waals surface area contributed by atoms with E-state index in [1.165, 1.54) is 0 Å². The first-order chi connectivity index (χ1) is 9.61. The Morgan fingerprint density at radius 2 is 2.05 bits per heavy atom. The van der Waals surface area contributed by atoms with Crippen LogP contribution >= 0.6 is 23.2 Å². The Kier molecular flexibility index (Phi) is 5.24. The lowest BCUT2D eigenvalue weighted by molar-refractivity contribution is 0.397. The molecule has 1 atom stereocenters. The first kappa shape index (κ1) is 15.1. The molecule has 0 spiro atoms. The molecule has 0 aliphatic rings. The highest BCUT2D eigenvalue weighted by atomic mass is 35.5. The number of methoxy groups -OCH3 is 1. The minimum Gasteiger partial charge on any atom is -0.481 e. The Hall–Kier alpha value is -1.29. The van der Waals surface area contributed by atoms with Crippen LogP contribution in [0.5, 0.6) is 5.88 Å². The fourth-order valence-electron chi connectivity index (χ4n) is 1.87. The van der Waals surface area contributed by atoms with Crippen molar-refractivity contribution in [2.24, 2.45) is 0 Å². The summed E-state index contributed by atoms with van der Waals surface area (Å²) in [6, 6.07) is 9.57. The van der Waals surface area contributed by atoms with Crippen LogP contribution in [0.3, 0.4) is 0 Å². The van der Waals surface area contributed by atoms with Gasteiger partial charge in [0, 0.05) is 24.8 Å². The second-order valence-electron chi connectivity index (χ2n) is 4.45. The molecule has 2 rings (SSSR count). The van der Waals surface area contributed by atoms with Gasteiger partial charge in [-0.1, -0.05) is 41.4 Å². The first-order valence-electron chi connectivity index (χ1n) is 6.28. The molecule has 0 saturated heterocycles. The van der Waals surface area contributed by atoms with Crippen molar-refractivity contribution in [1.29, 1.82) is 0 Å². The van der Waals surface area contributed by atoms with Gasteiger partial charge in [0.15, 0.2) is 0 Å². The highest BCUT2D eigenvalue weighted by Gasteiger charge is 2.11. The third-order valence-corrected chi connectivity index (χ3v) is 3.90. The largest absolute Gasteiger partial charge is 0.481 e. The van der Waals surface area contributed by atoms with Crippen LogP contribution in [0.15, 0.2) is 36.5 Å². The fraction of sp³-hybridized carbons (Fsp3) is 0.267. The second-order valence-corrected chi connectivity index (χ2v) is 5.24. The number of ether oxygens (including phenoxy) is 1. The summed E-state index contributed by atoms with van der Waals surface area (Å²) >= 11 is 12.2. The third kappa shape index (κ3) is 3.63. The summed E-state index contributed by atoms with van der Waals surface area (Å²) in [7, 11) is 1.60. The molecular weight excluding hydrogens is 295 g/mol. The standard InChI is InChI=1S/C15H16Cl2N2O/c1-10(12-4-3-5-13(16)15(12)17)18-8-11-6-7-14(20-2)19-9-11/h3-7,9-10,18H,8H2,1-2H3. The summed E-state index contributed by atoms with van der Waals surface area (Å²) in [6.45, 7) is 2.75. The molecule has 106 valence electrons. The zero-order chi connectivity index (χ0) is 14.5. The Bertz CT molecular complexity index is 573. The lowest BCUT2D eigenvalue weighted by atomic mass is 10.1. The van der Waals surface area contributed by atoms with Crippen LogP contribution in [0.1, 0.15) is 24.1 Å². The molecule has 0 aliphatic heterocycles. The molecule has 20 heavy (non-hydrogen) atoms. The Morgan fingerprint density at radius 1 is 1.25 bits per heavy atom. The first-order valence-corrected chi connectivity index (χ1v) is 7.03. The normalized spacial score (nSPS) is 12.2. The van der Waals surface area contributed by atoms with Crippen LogP contribution in [0, 0.1) is 0 Å². The molecule has 2 aromatic rings. The monoisotopic (exact) mass is 310 g/mol.